The smallest absolute Gasteiger partial charge is 0.326 e. The lowest BCUT2D eigenvalue weighted by atomic mass is 9.99. The number of aliphatic hydroxyl groups excluding tert-OH is 1. The molecule has 0 aliphatic carbocycles. The highest BCUT2D eigenvalue weighted by Gasteiger charge is 2.30. The first-order chi connectivity index (χ1) is 14.1. The van der Waals surface area contributed by atoms with Gasteiger partial charge in [-0.05, 0) is 12.8 Å². The Labute approximate surface area is 174 Å². The van der Waals surface area contributed by atoms with Crippen molar-refractivity contribution in [3.05, 3.63) is 18.2 Å². The van der Waals surface area contributed by atoms with Gasteiger partial charge in [0, 0.05) is 18.3 Å². The molecule has 1 rings (SSSR count). The summed E-state index contributed by atoms with van der Waals surface area (Å²) < 4.78 is 0. The van der Waals surface area contributed by atoms with Crippen LogP contribution in [0, 0.1) is 5.92 Å². The third kappa shape index (κ3) is 7.44. The summed E-state index contributed by atoms with van der Waals surface area (Å²) in [6, 6.07) is -4.47. The Bertz CT molecular complexity index is 725. The van der Waals surface area contributed by atoms with Crippen molar-refractivity contribution in [1.82, 2.24) is 25.9 Å². The van der Waals surface area contributed by atoms with Crippen LogP contribution in [-0.4, -0.2) is 74.6 Å². The van der Waals surface area contributed by atoms with E-state index in [1.165, 1.54) is 19.4 Å². The molecular formula is C18H30N6O6. The summed E-state index contributed by atoms with van der Waals surface area (Å²) >= 11 is 0. The van der Waals surface area contributed by atoms with Crippen molar-refractivity contribution in [2.24, 2.45) is 11.7 Å². The molecule has 0 radical (unpaired) electrons. The SMILES string of the molecule is CCC(C)C(NC(=O)C(C)NC(=O)C(Cc1cnc[nH]1)NC(=O)C(N)CO)C(=O)O. The number of hydrogen-bond donors (Lipinski definition) is 7. The van der Waals surface area contributed by atoms with E-state index < -0.39 is 54.5 Å². The Morgan fingerprint density at radius 3 is 2.30 bits per heavy atom. The fraction of sp³-hybridized carbons (Fsp3) is 0.611. The molecule has 1 aromatic heterocycles. The molecule has 0 saturated heterocycles. The van der Waals surface area contributed by atoms with Gasteiger partial charge in [0.25, 0.3) is 0 Å². The minimum Gasteiger partial charge on any atom is -0.480 e. The van der Waals surface area contributed by atoms with Crippen LogP contribution in [0.25, 0.3) is 0 Å². The molecule has 5 unspecified atom stereocenters. The molecule has 5 atom stereocenters. The van der Waals surface area contributed by atoms with E-state index in [4.69, 9.17) is 10.8 Å². The van der Waals surface area contributed by atoms with Crippen LogP contribution >= 0.6 is 0 Å². The van der Waals surface area contributed by atoms with Gasteiger partial charge in [0.1, 0.15) is 24.2 Å². The van der Waals surface area contributed by atoms with Crippen LogP contribution in [0.5, 0.6) is 0 Å². The molecule has 0 aromatic carbocycles. The molecule has 8 N–H and O–H groups in total. The lowest BCUT2D eigenvalue weighted by molar-refractivity contribution is -0.143. The number of aliphatic carboxylic acids is 1. The second-order valence-corrected chi connectivity index (χ2v) is 7.07. The van der Waals surface area contributed by atoms with Crippen molar-refractivity contribution in [1.29, 1.82) is 0 Å². The van der Waals surface area contributed by atoms with Gasteiger partial charge in [-0.15, -0.1) is 0 Å². The summed E-state index contributed by atoms with van der Waals surface area (Å²) in [5, 5.41) is 25.6. The Hall–Kier alpha value is -2.99. The van der Waals surface area contributed by atoms with E-state index in [1.54, 1.807) is 13.8 Å². The monoisotopic (exact) mass is 426 g/mol. The normalized spacial score (nSPS) is 15.9. The summed E-state index contributed by atoms with van der Waals surface area (Å²) in [5.41, 5.74) is 6.03. The fourth-order valence-corrected chi connectivity index (χ4v) is 2.53. The van der Waals surface area contributed by atoms with Crippen molar-refractivity contribution >= 4 is 23.7 Å². The Morgan fingerprint density at radius 2 is 1.80 bits per heavy atom. The second-order valence-electron chi connectivity index (χ2n) is 7.07. The molecular weight excluding hydrogens is 396 g/mol. The number of aromatic amines is 1. The van der Waals surface area contributed by atoms with Crippen molar-refractivity contribution in [2.75, 3.05) is 6.61 Å². The minimum absolute atomic E-state index is 0.0364. The quantitative estimate of drug-likeness (QED) is 0.196. The summed E-state index contributed by atoms with van der Waals surface area (Å²) in [4.78, 5) is 55.1. The molecule has 0 fully saturated rings. The first-order valence-corrected chi connectivity index (χ1v) is 9.58. The number of carboxylic acid groups (broad SMARTS) is 1. The maximum absolute atomic E-state index is 12.7. The van der Waals surface area contributed by atoms with E-state index in [-0.39, 0.29) is 12.3 Å². The molecule has 0 saturated carbocycles. The van der Waals surface area contributed by atoms with Gasteiger partial charge in [0.05, 0.1) is 12.9 Å². The number of nitrogens with zero attached hydrogens (tertiary/aromatic N) is 1. The van der Waals surface area contributed by atoms with Crippen LogP contribution in [0.4, 0.5) is 0 Å². The average molecular weight is 426 g/mol. The van der Waals surface area contributed by atoms with Gasteiger partial charge in [-0.25, -0.2) is 9.78 Å². The number of aromatic nitrogens is 2. The number of nitrogens with one attached hydrogen (secondary N) is 4. The molecule has 1 heterocycles. The Balaban J connectivity index is 2.83. The lowest BCUT2D eigenvalue weighted by Crippen LogP contribution is -2.57. The maximum Gasteiger partial charge on any atom is 0.326 e. The van der Waals surface area contributed by atoms with E-state index in [0.717, 1.165) is 0 Å². The predicted octanol–water partition coefficient (Wildman–Crippen LogP) is -2.12. The molecule has 0 aliphatic heterocycles. The van der Waals surface area contributed by atoms with Crippen molar-refractivity contribution in [3.63, 3.8) is 0 Å². The third-order valence-electron chi connectivity index (χ3n) is 4.67. The van der Waals surface area contributed by atoms with E-state index in [2.05, 4.69) is 25.9 Å². The molecule has 0 aliphatic rings. The number of nitrogens with two attached hydrogens (primary N) is 1. The number of aliphatic hydroxyl groups is 1. The number of rotatable bonds is 12. The van der Waals surface area contributed by atoms with Crippen molar-refractivity contribution in [3.8, 4) is 0 Å². The molecule has 30 heavy (non-hydrogen) atoms. The number of carbonyl (C=O) groups excluding carboxylic acids is 3. The Morgan fingerprint density at radius 1 is 1.13 bits per heavy atom. The summed E-state index contributed by atoms with van der Waals surface area (Å²) in [5.74, 6) is -3.56. The van der Waals surface area contributed by atoms with Crippen LogP contribution in [0.3, 0.4) is 0 Å². The zero-order chi connectivity index (χ0) is 22.8. The number of carboxylic acids is 1. The molecule has 0 bridgehead atoms. The van der Waals surface area contributed by atoms with E-state index in [0.29, 0.717) is 12.1 Å². The maximum atomic E-state index is 12.7. The molecule has 12 heteroatoms. The Kier molecular flexibility index (Phi) is 9.92. The van der Waals surface area contributed by atoms with Crippen LogP contribution in [0.15, 0.2) is 12.5 Å². The first-order valence-electron chi connectivity index (χ1n) is 9.58. The fourth-order valence-electron chi connectivity index (χ4n) is 2.53. The lowest BCUT2D eigenvalue weighted by Gasteiger charge is -2.24. The van der Waals surface area contributed by atoms with Crippen LogP contribution in [0.1, 0.15) is 32.9 Å². The largest absolute Gasteiger partial charge is 0.480 e. The molecule has 12 nitrogen and oxygen atoms in total. The topological polar surface area (TPSA) is 200 Å². The number of H-pyrrole nitrogens is 1. The predicted molar refractivity (Wildman–Crippen MR) is 106 cm³/mol. The number of amides is 3. The van der Waals surface area contributed by atoms with Gasteiger partial charge in [-0.1, -0.05) is 20.3 Å². The highest BCUT2D eigenvalue weighted by molar-refractivity contribution is 5.94. The van der Waals surface area contributed by atoms with Gasteiger partial charge in [-0.3, -0.25) is 14.4 Å². The molecule has 1 aromatic rings. The minimum atomic E-state index is -1.21. The van der Waals surface area contributed by atoms with Gasteiger partial charge < -0.3 is 36.9 Å². The zero-order valence-electron chi connectivity index (χ0n) is 17.2. The number of imidazole rings is 1. The van der Waals surface area contributed by atoms with E-state index >= 15 is 0 Å². The first kappa shape index (κ1) is 25.0. The summed E-state index contributed by atoms with van der Waals surface area (Å²) in [6.07, 6.45) is 3.46. The highest BCUT2D eigenvalue weighted by Crippen LogP contribution is 2.08. The van der Waals surface area contributed by atoms with Gasteiger partial charge >= 0.3 is 5.97 Å². The molecule has 3 amide bonds. The standard InChI is InChI=1S/C18H30N6O6/c1-4-9(2)14(18(29)30)24-15(26)10(3)22-17(28)13(5-11-6-20-8-21-11)23-16(27)12(19)7-25/h6,8-10,12-14,25H,4-5,7,19H2,1-3H3,(H,20,21)(H,22,28)(H,23,27)(H,24,26)(H,29,30). The van der Waals surface area contributed by atoms with Crippen molar-refractivity contribution < 1.29 is 29.4 Å². The van der Waals surface area contributed by atoms with Gasteiger partial charge in [0.15, 0.2) is 0 Å². The van der Waals surface area contributed by atoms with E-state index in [9.17, 15) is 24.3 Å². The third-order valence-corrected chi connectivity index (χ3v) is 4.67. The van der Waals surface area contributed by atoms with Crippen LogP contribution in [0.2, 0.25) is 0 Å². The van der Waals surface area contributed by atoms with Crippen LogP contribution < -0.4 is 21.7 Å². The number of carbonyl (C=O) groups is 4. The zero-order valence-corrected chi connectivity index (χ0v) is 17.2. The van der Waals surface area contributed by atoms with Gasteiger partial charge in [0.2, 0.25) is 17.7 Å². The van der Waals surface area contributed by atoms with E-state index in [1.807, 2.05) is 0 Å². The molecule has 168 valence electrons. The summed E-state index contributed by atoms with van der Waals surface area (Å²) in [7, 11) is 0. The van der Waals surface area contributed by atoms with Crippen LogP contribution in [-0.2, 0) is 25.6 Å². The van der Waals surface area contributed by atoms with Crippen molar-refractivity contribution in [2.45, 2.75) is 57.8 Å². The average Bonchev–Trinajstić information content (AvgIpc) is 3.22. The molecule has 0 spiro atoms. The number of hydrogen-bond acceptors (Lipinski definition) is 7. The van der Waals surface area contributed by atoms with Gasteiger partial charge in [-0.2, -0.15) is 0 Å². The second kappa shape index (κ2) is 11.9. The summed E-state index contributed by atoms with van der Waals surface area (Å²) in [6.45, 7) is 4.30. The highest BCUT2D eigenvalue weighted by atomic mass is 16.4.